The van der Waals surface area contributed by atoms with Crippen molar-refractivity contribution in [3.63, 3.8) is 0 Å². The number of aryl methyl sites for hydroxylation is 1. The molecule has 0 aliphatic rings. The predicted molar refractivity (Wildman–Crippen MR) is 66.6 cm³/mol. The van der Waals surface area contributed by atoms with Crippen molar-refractivity contribution in [1.29, 1.82) is 0 Å². The second-order valence-electron chi connectivity index (χ2n) is 3.74. The van der Waals surface area contributed by atoms with Gasteiger partial charge in [0, 0.05) is 29.5 Å². The molecule has 3 heteroatoms. The molecule has 2 nitrogen and oxygen atoms in total. The third kappa shape index (κ3) is 4.33. The van der Waals surface area contributed by atoms with E-state index in [4.69, 9.17) is 4.74 Å². The number of methoxy groups -OCH3 is 1. The first kappa shape index (κ1) is 12.7. The van der Waals surface area contributed by atoms with Crippen molar-refractivity contribution in [1.82, 2.24) is 5.32 Å². The number of rotatable bonds is 7. The highest BCUT2D eigenvalue weighted by atomic mass is 32.1. The summed E-state index contributed by atoms with van der Waals surface area (Å²) < 4.78 is 5.15. The second-order valence-corrected chi connectivity index (χ2v) is 5.06. The van der Waals surface area contributed by atoms with E-state index in [-0.39, 0.29) is 0 Å². The lowest BCUT2D eigenvalue weighted by Crippen LogP contribution is -2.22. The average molecular weight is 227 g/mol. The zero-order chi connectivity index (χ0) is 11.1. The lowest BCUT2D eigenvalue weighted by Gasteiger charge is -2.16. The fraction of sp³-hybridized carbons (Fsp3) is 0.667. The van der Waals surface area contributed by atoms with Crippen molar-refractivity contribution in [3.8, 4) is 0 Å². The van der Waals surface area contributed by atoms with Crippen LogP contribution in [0.1, 0.15) is 35.6 Å². The Morgan fingerprint density at radius 3 is 2.80 bits per heavy atom. The van der Waals surface area contributed by atoms with E-state index in [2.05, 4.69) is 31.3 Å². The van der Waals surface area contributed by atoms with E-state index < -0.39 is 0 Å². The van der Waals surface area contributed by atoms with Crippen LogP contribution < -0.4 is 5.32 Å². The molecule has 0 saturated carbocycles. The van der Waals surface area contributed by atoms with Crippen LogP contribution in [-0.2, 0) is 4.74 Å². The van der Waals surface area contributed by atoms with Gasteiger partial charge in [0.05, 0.1) is 0 Å². The van der Waals surface area contributed by atoms with Gasteiger partial charge in [-0.3, -0.25) is 0 Å². The first-order valence-electron chi connectivity index (χ1n) is 5.56. The van der Waals surface area contributed by atoms with Crippen LogP contribution in [0.2, 0.25) is 0 Å². The van der Waals surface area contributed by atoms with Gasteiger partial charge in [0.25, 0.3) is 0 Å². The van der Waals surface area contributed by atoms with E-state index >= 15 is 0 Å². The SMILES string of the molecule is CCCNC(CCOC)c1ccc(C)s1. The summed E-state index contributed by atoms with van der Waals surface area (Å²) in [5.41, 5.74) is 0. The molecule has 1 aromatic heterocycles. The number of ether oxygens (including phenoxy) is 1. The molecule has 1 N–H and O–H groups in total. The van der Waals surface area contributed by atoms with Crippen LogP contribution in [0.15, 0.2) is 12.1 Å². The summed E-state index contributed by atoms with van der Waals surface area (Å²) in [6.45, 7) is 6.24. The minimum atomic E-state index is 0.462. The van der Waals surface area contributed by atoms with Crippen molar-refractivity contribution in [2.24, 2.45) is 0 Å². The summed E-state index contributed by atoms with van der Waals surface area (Å²) in [7, 11) is 1.76. The molecular weight excluding hydrogens is 206 g/mol. The second kappa shape index (κ2) is 6.99. The standard InChI is InChI=1S/C12H21NOS/c1-4-8-13-11(7-9-14-3)12-6-5-10(2)15-12/h5-6,11,13H,4,7-9H2,1-3H3. The molecule has 0 aromatic carbocycles. The Bertz CT molecular complexity index is 264. The van der Waals surface area contributed by atoms with Crippen molar-refractivity contribution < 1.29 is 4.74 Å². The number of hydrogen-bond donors (Lipinski definition) is 1. The molecule has 0 aliphatic carbocycles. The summed E-state index contributed by atoms with van der Waals surface area (Å²) in [6.07, 6.45) is 2.23. The van der Waals surface area contributed by atoms with Gasteiger partial charge in [-0.05, 0) is 38.4 Å². The smallest absolute Gasteiger partial charge is 0.0480 e. The maximum absolute atomic E-state index is 5.15. The Labute approximate surface area is 96.7 Å². The van der Waals surface area contributed by atoms with Crippen molar-refractivity contribution in [2.45, 2.75) is 32.7 Å². The Kier molecular flexibility index (Phi) is 5.91. The molecule has 1 aromatic rings. The van der Waals surface area contributed by atoms with Crippen LogP contribution in [0.25, 0.3) is 0 Å². The Morgan fingerprint density at radius 1 is 1.47 bits per heavy atom. The zero-order valence-corrected chi connectivity index (χ0v) is 10.7. The molecule has 86 valence electrons. The Balaban J connectivity index is 2.54. The summed E-state index contributed by atoms with van der Waals surface area (Å²) in [5.74, 6) is 0. The summed E-state index contributed by atoms with van der Waals surface area (Å²) >= 11 is 1.88. The molecule has 0 spiro atoms. The normalized spacial score (nSPS) is 13.0. The Morgan fingerprint density at radius 2 is 2.27 bits per heavy atom. The van der Waals surface area contributed by atoms with Gasteiger partial charge < -0.3 is 10.1 Å². The van der Waals surface area contributed by atoms with Crippen LogP contribution >= 0.6 is 11.3 Å². The first-order valence-corrected chi connectivity index (χ1v) is 6.38. The van der Waals surface area contributed by atoms with Crippen LogP contribution in [0.5, 0.6) is 0 Å². The van der Waals surface area contributed by atoms with Crippen LogP contribution in [-0.4, -0.2) is 20.3 Å². The van der Waals surface area contributed by atoms with Crippen molar-refractivity contribution in [3.05, 3.63) is 21.9 Å². The third-order valence-corrected chi connectivity index (χ3v) is 3.47. The predicted octanol–water partition coefficient (Wildman–Crippen LogP) is 3.13. The maximum Gasteiger partial charge on any atom is 0.0480 e. The molecule has 1 heterocycles. The molecule has 0 amide bonds. The third-order valence-electron chi connectivity index (χ3n) is 2.36. The monoisotopic (exact) mass is 227 g/mol. The molecular formula is C12H21NOS. The van der Waals surface area contributed by atoms with E-state index in [1.54, 1.807) is 7.11 Å². The zero-order valence-electron chi connectivity index (χ0n) is 9.88. The van der Waals surface area contributed by atoms with Crippen molar-refractivity contribution in [2.75, 3.05) is 20.3 Å². The van der Waals surface area contributed by atoms with Gasteiger partial charge in [-0.2, -0.15) is 0 Å². The van der Waals surface area contributed by atoms with Gasteiger partial charge in [-0.25, -0.2) is 0 Å². The lowest BCUT2D eigenvalue weighted by molar-refractivity contribution is 0.183. The molecule has 1 unspecified atom stereocenters. The largest absolute Gasteiger partial charge is 0.385 e. The minimum absolute atomic E-state index is 0.462. The molecule has 0 radical (unpaired) electrons. The highest BCUT2D eigenvalue weighted by molar-refractivity contribution is 7.12. The van der Waals surface area contributed by atoms with E-state index in [1.807, 2.05) is 11.3 Å². The van der Waals surface area contributed by atoms with Gasteiger partial charge in [0.15, 0.2) is 0 Å². The highest BCUT2D eigenvalue weighted by Gasteiger charge is 2.11. The van der Waals surface area contributed by atoms with E-state index in [1.165, 1.54) is 16.2 Å². The number of thiophene rings is 1. The van der Waals surface area contributed by atoms with Gasteiger partial charge >= 0.3 is 0 Å². The van der Waals surface area contributed by atoms with Gasteiger partial charge in [-0.15, -0.1) is 11.3 Å². The summed E-state index contributed by atoms with van der Waals surface area (Å²) in [4.78, 5) is 2.81. The van der Waals surface area contributed by atoms with Crippen LogP contribution in [0, 0.1) is 6.92 Å². The van der Waals surface area contributed by atoms with Crippen LogP contribution in [0.4, 0.5) is 0 Å². The van der Waals surface area contributed by atoms with E-state index in [0.717, 1.165) is 19.6 Å². The molecule has 15 heavy (non-hydrogen) atoms. The molecule has 0 fully saturated rings. The lowest BCUT2D eigenvalue weighted by atomic mass is 10.1. The topological polar surface area (TPSA) is 21.3 Å². The molecule has 0 aliphatic heterocycles. The fourth-order valence-electron chi connectivity index (χ4n) is 1.54. The van der Waals surface area contributed by atoms with Crippen LogP contribution in [0.3, 0.4) is 0 Å². The maximum atomic E-state index is 5.15. The van der Waals surface area contributed by atoms with E-state index in [0.29, 0.717) is 6.04 Å². The highest BCUT2D eigenvalue weighted by Crippen LogP contribution is 2.25. The fourth-order valence-corrected chi connectivity index (χ4v) is 2.53. The van der Waals surface area contributed by atoms with Gasteiger partial charge in [0.2, 0.25) is 0 Å². The molecule has 1 rings (SSSR count). The first-order chi connectivity index (χ1) is 7.27. The Hall–Kier alpha value is -0.380. The van der Waals surface area contributed by atoms with E-state index in [9.17, 15) is 0 Å². The molecule has 0 bridgehead atoms. The van der Waals surface area contributed by atoms with Gasteiger partial charge in [-0.1, -0.05) is 6.92 Å². The summed E-state index contributed by atoms with van der Waals surface area (Å²) in [6, 6.07) is 4.87. The quantitative estimate of drug-likeness (QED) is 0.772. The number of hydrogen-bond acceptors (Lipinski definition) is 3. The number of nitrogens with one attached hydrogen (secondary N) is 1. The van der Waals surface area contributed by atoms with Gasteiger partial charge in [0.1, 0.15) is 0 Å². The van der Waals surface area contributed by atoms with Crippen molar-refractivity contribution >= 4 is 11.3 Å². The molecule has 1 atom stereocenters. The minimum Gasteiger partial charge on any atom is -0.385 e. The molecule has 0 saturated heterocycles. The summed E-state index contributed by atoms with van der Waals surface area (Å²) in [5, 5.41) is 3.56. The average Bonchev–Trinajstić information content (AvgIpc) is 2.65.